The molecule has 1 aromatic heterocycles. The fraction of sp³-hybridized carbons (Fsp3) is 0.545. The molecule has 2 N–H and O–H groups in total. The summed E-state index contributed by atoms with van der Waals surface area (Å²) in [5.74, 6) is 0.798. The Labute approximate surface area is 105 Å². The molecule has 5 nitrogen and oxygen atoms in total. The van der Waals surface area contributed by atoms with Crippen LogP contribution < -0.4 is 10.6 Å². The number of carbonyl (C=O) groups excluding carboxylic acids is 1. The van der Waals surface area contributed by atoms with Gasteiger partial charge in [-0.3, -0.25) is 4.79 Å². The van der Waals surface area contributed by atoms with E-state index in [0.29, 0.717) is 11.4 Å². The number of anilines is 1. The minimum atomic E-state index is -0.532. The lowest BCUT2D eigenvalue weighted by Crippen LogP contribution is -2.25. The standard InChI is InChI=1S/C11H15ClN4O/c1-16(5-4-7-2-3-7)11-8(10(13)17)6-9(12)14-15-11/h6-7H,2-5H2,1H3,(H2,13,17). The van der Waals surface area contributed by atoms with Crippen LogP contribution in [0.5, 0.6) is 0 Å². The van der Waals surface area contributed by atoms with Crippen LogP contribution in [0.25, 0.3) is 0 Å². The van der Waals surface area contributed by atoms with Gasteiger partial charge < -0.3 is 10.6 Å². The van der Waals surface area contributed by atoms with E-state index in [1.807, 2.05) is 11.9 Å². The number of nitrogens with zero attached hydrogens (tertiary/aromatic N) is 3. The van der Waals surface area contributed by atoms with Gasteiger partial charge in [-0.2, -0.15) is 0 Å². The first-order chi connectivity index (χ1) is 8.08. The monoisotopic (exact) mass is 254 g/mol. The number of amides is 1. The Bertz CT molecular complexity index is 433. The van der Waals surface area contributed by atoms with Crippen molar-refractivity contribution in [1.29, 1.82) is 0 Å². The minimum absolute atomic E-state index is 0.179. The Morgan fingerprint density at radius 3 is 2.88 bits per heavy atom. The first-order valence-corrected chi connectivity index (χ1v) is 6.00. The number of hydrogen-bond donors (Lipinski definition) is 1. The fourth-order valence-corrected chi connectivity index (χ4v) is 1.86. The molecule has 0 unspecified atom stereocenters. The van der Waals surface area contributed by atoms with Gasteiger partial charge in [0.15, 0.2) is 11.0 Å². The average Bonchev–Trinajstić information content (AvgIpc) is 3.09. The predicted molar refractivity (Wildman–Crippen MR) is 66.2 cm³/mol. The third kappa shape index (κ3) is 3.06. The second kappa shape index (κ2) is 4.87. The van der Waals surface area contributed by atoms with E-state index in [0.717, 1.165) is 18.9 Å². The third-order valence-electron chi connectivity index (χ3n) is 2.94. The number of halogens is 1. The lowest BCUT2D eigenvalue weighted by molar-refractivity contribution is 0.100. The van der Waals surface area contributed by atoms with Crippen molar-refractivity contribution in [3.05, 3.63) is 16.8 Å². The van der Waals surface area contributed by atoms with E-state index in [1.165, 1.54) is 18.9 Å². The van der Waals surface area contributed by atoms with Crippen LogP contribution in [-0.2, 0) is 0 Å². The molecule has 1 heterocycles. The van der Waals surface area contributed by atoms with Crippen molar-refractivity contribution in [3.8, 4) is 0 Å². The van der Waals surface area contributed by atoms with Crippen LogP contribution in [0.4, 0.5) is 5.82 Å². The molecule has 1 aliphatic carbocycles. The quantitative estimate of drug-likeness (QED) is 0.864. The Kier molecular flexibility index (Phi) is 3.47. The summed E-state index contributed by atoms with van der Waals surface area (Å²) in [6.45, 7) is 0.848. The average molecular weight is 255 g/mol. The number of carbonyl (C=O) groups is 1. The maximum Gasteiger partial charge on any atom is 0.252 e. The van der Waals surface area contributed by atoms with Crippen molar-refractivity contribution in [1.82, 2.24) is 10.2 Å². The smallest absolute Gasteiger partial charge is 0.252 e. The number of rotatable bonds is 5. The highest BCUT2D eigenvalue weighted by molar-refractivity contribution is 6.29. The van der Waals surface area contributed by atoms with Crippen LogP contribution in [-0.4, -0.2) is 29.7 Å². The highest BCUT2D eigenvalue weighted by Crippen LogP contribution is 2.32. The van der Waals surface area contributed by atoms with Gasteiger partial charge in [-0.1, -0.05) is 24.4 Å². The van der Waals surface area contributed by atoms with Crippen LogP contribution in [0.1, 0.15) is 29.6 Å². The van der Waals surface area contributed by atoms with Crippen molar-refractivity contribution >= 4 is 23.3 Å². The molecule has 1 fully saturated rings. The van der Waals surface area contributed by atoms with Crippen molar-refractivity contribution in [2.45, 2.75) is 19.3 Å². The molecule has 0 atom stereocenters. The van der Waals surface area contributed by atoms with Gasteiger partial charge in [-0.05, 0) is 18.4 Å². The summed E-state index contributed by atoms with van der Waals surface area (Å²) in [5, 5.41) is 7.87. The van der Waals surface area contributed by atoms with E-state index in [-0.39, 0.29) is 5.15 Å². The molecule has 1 aliphatic rings. The summed E-state index contributed by atoms with van der Waals surface area (Å²) in [6.07, 6.45) is 3.73. The summed E-state index contributed by atoms with van der Waals surface area (Å²) >= 11 is 5.70. The van der Waals surface area contributed by atoms with E-state index in [9.17, 15) is 4.79 Å². The van der Waals surface area contributed by atoms with E-state index in [4.69, 9.17) is 17.3 Å². The van der Waals surface area contributed by atoms with E-state index in [2.05, 4.69) is 10.2 Å². The normalized spacial score (nSPS) is 14.7. The SMILES string of the molecule is CN(CCC1CC1)c1nnc(Cl)cc1C(N)=O. The molecule has 2 rings (SSSR count). The molecule has 1 aromatic rings. The Hall–Kier alpha value is -1.36. The lowest BCUT2D eigenvalue weighted by Gasteiger charge is -2.19. The number of hydrogen-bond acceptors (Lipinski definition) is 4. The summed E-state index contributed by atoms with van der Waals surface area (Å²) in [5.41, 5.74) is 5.62. The number of primary amides is 1. The molecule has 0 bridgehead atoms. The van der Waals surface area contributed by atoms with Crippen molar-refractivity contribution in [2.75, 3.05) is 18.5 Å². The van der Waals surface area contributed by atoms with Crippen molar-refractivity contribution < 1.29 is 4.79 Å². The maximum absolute atomic E-state index is 11.3. The minimum Gasteiger partial charge on any atom is -0.365 e. The van der Waals surface area contributed by atoms with E-state index < -0.39 is 5.91 Å². The first kappa shape index (κ1) is 12.1. The molecular formula is C11H15ClN4O. The maximum atomic E-state index is 11.3. The summed E-state index contributed by atoms with van der Waals surface area (Å²) in [7, 11) is 1.88. The topological polar surface area (TPSA) is 72.1 Å². The predicted octanol–water partition coefficient (Wildman–Crippen LogP) is 1.47. The Morgan fingerprint density at radius 2 is 2.29 bits per heavy atom. The van der Waals surface area contributed by atoms with Gasteiger partial charge in [-0.15, -0.1) is 10.2 Å². The van der Waals surface area contributed by atoms with Gasteiger partial charge in [-0.25, -0.2) is 0 Å². The molecule has 92 valence electrons. The largest absolute Gasteiger partial charge is 0.365 e. The summed E-state index contributed by atoms with van der Waals surface area (Å²) in [6, 6.07) is 1.46. The molecule has 0 spiro atoms. The van der Waals surface area contributed by atoms with Crippen LogP contribution in [0.2, 0.25) is 5.15 Å². The third-order valence-corrected chi connectivity index (χ3v) is 3.13. The van der Waals surface area contributed by atoms with Gasteiger partial charge in [0.2, 0.25) is 0 Å². The molecule has 0 saturated heterocycles. The first-order valence-electron chi connectivity index (χ1n) is 5.62. The number of nitrogens with two attached hydrogens (primary N) is 1. The molecule has 0 radical (unpaired) electrons. The number of aromatic nitrogens is 2. The Morgan fingerprint density at radius 1 is 1.59 bits per heavy atom. The molecule has 0 aromatic carbocycles. The zero-order chi connectivity index (χ0) is 12.4. The summed E-state index contributed by atoms with van der Waals surface area (Å²) in [4.78, 5) is 13.2. The molecular weight excluding hydrogens is 240 g/mol. The van der Waals surface area contributed by atoms with Gasteiger partial charge in [0.25, 0.3) is 5.91 Å². The van der Waals surface area contributed by atoms with Crippen LogP contribution in [0.15, 0.2) is 6.07 Å². The lowest BCUT2D eigenvalue weighted by atomic mass is 10.2. The van der Waals surface area contributed by atoms with Crippen LogP contribution >= 0.6 is 11.6 Å². The summed E-state index contributed by atoms with van der Waals surface area (Å²) < 4.78 is 0. The Balaban J connectivity index is 2.14. The fourth-order valence-electron chi connectivity index (χ4n) is 1.71. The van der Waals surface area contributed by atoms with Gasteiger partial charge >= 0.3 is 0 Å². The van der Waals surface area contributed by atoms with Crippen LogP contribution in [0, 0.1) is 5.92 Å². The van der Waals surface area contributed by atoms with Crippen molar-refractivity contribution in [3.63, 3.8) is 0 Å². The molecule has 1 saturated carbocycles. The molecule has 6 heteroatoms. The highest BCUT2D eigenvalue weighted by atomic mass is 35.5. The second-order valence-corrected chi connectivity index (χ2v) is 4.81. The molecule has 1 amide bonds. The van der Waals surface area contributed by atoms with Gasteiger partial charge in [0, 0.05) is 13.6 Å². The van der Waals surface area contributed by atoms with Gasteiger partial charge in [0.1, 0.15) is 0 Å². The molecule has 17 heavy (non-hydrogen) atoms. The van der Waals surface area contributed by atoms with E-state index >= 15 is 0 Å². The molecule has 0 aliphatic heterocycles. The highest BCUT2D eigenvalue weighted by Gasteiger charge is 2.22. The zero-order valence-corrected chi connectivity index (χ0v) is 10.4. The van der Waals surface area contributed by atoms with Gasteiger partial charge in [0.05, 0.1) is 5.56 Å². The van der Waals surface area contributed by atoms with Crippen molar-refractivity contribution in [2.24, 2.45) is 11.7 Å². The zero-order valence-electron chi connectivity index (χ0n) is 9.69. The van der Waals surface area contributed by atoms with Crippen LogP contribution in [0.3, 0.4) is 0 Å². The second-order valence-electron chi connectivity index (χ2n) is 4.42. The van der Waals surface area contributed by atoms with E-state index in [1.54, 1.807) is 0 Å².